The molecule has 1 fully saturated rings. The Balaban J connectivity index is 2.14. The van der Waals surface area contributed by atoms with Crippen molar-refractivity contribution in [3.05, 3.63) is 112 Å². The fourth-order valence-corrected chi connectivity index (χ4v) is 8.36. The molecule has 0 N–H and O–H groups in total. The molecule has 0 amide bonds. The van der Waals surface area contributed by atoms with Gasteiger partial charge >= 0.3 is 0 Å². The molecule has 0 spiro atoms. The standard InChI is InChI=1S/C29H21F9PS/c1-11-12(2)14(4)15(13(11)3)10-16-19(30)20(31)22(33)25(36)28(16)39(17-8-6-7-9-18(17)40-5)29-26(37)23(34)21(32)24(35)27(29)38/h6-9H,10H2,1-5H3. The maximum absolute atomic E-state index is 15.8. The molecular weight excluding hydrogens is 582 g/mol. The van der Waals surface area contributed by atoms with Crippen LogP contribution in [0.25, 0.3) is 0 Å². The molecule has 40 heavy (non-hydrogen) atoms. The van der Waals surface area contributed by atoms with Gasteiger partial charge in [0.15, 0.2) is 46.5 Å². The zero-order chi connectivity index (χ0) is 29.8. The SMILES string of the molecule is CSc1ccccc1P(c1c(F)c(F)c(F)c(F)c1F)c1c(F)c(F)c(F)c(F)c1C[C]1[C](C)[C](C)[C](C)[C]1C. The number of rotatable bonds is 6. The van der Waals surface area contributed by atoms with Crippen LogP contribution in [0, 0.1) is 81.9 Å². The van der Waals surface area contributed by atoms with Crippen molar-refractivity contribution in [1.29, 1.82) is 0 Å². The van der Waals surface area contributed by atoms with E-state index < -0.39 is 82.9 Å². The molecule has 0 heterocycles. The third-order valence-electron chi connectivity index (χ3n) is 7.24. The van der Waals surface area contributed by atoms with E-state index in [0.717, 1.165) is 23.6 Å². The fraction of sp³-hybridized carbons (Fsp3) is 0.207. The van der Waals surface area contributed by atoms with Crippen LogP contribution in [0.4, 0.5) is 39.5 Å². The average Bonchev–Trinajstić information content (AvgIpc) is 3.13. The third kappa shape index (κ3) is 4.83. The minimum atomic E-state index is -3.20. The number of benzene rings is 3. The molecule has 5 radical (unpaired) electrons. The van der Waals surface area contributed by atoms with Crippen molar-refractivity contribution < 1.29 is 39.5 Å². The molecule has 0 saturated heterocycles. The molecule has 211 valence electrons. The number of halogens is 9. The minimum Gasteiger partial charge on any atom is -0.203 e. The summed E-state index contributed by atoms with van der Waals surface area (Å²) in [6, 6.07) is 5.55. The van der Waals surface area contributed by atoms with Crippen molar-refractivity contribution in [3.8, 4) is 0 Å². The Kier molecular flexibility index (Phi) is 8.92. The zero-order valence-electron chi connectivity index (χ0n) is 21.8. The second kappa shape index (κ2) is 11.6. The van der Waals surface area contributed by atoms with Crippen LogP contribution in [-0.4, -0.2) is 6.26 Å². The quantitative estimate of drug-likeness (QED) is 0.0907. The molecule has 3 aromatic rings. The van der Waals surface area contributed by atoms with Gasteiger partial charge in [0.1, 0.15) is 0 Å². The first-order valence-electron chi connectivity index (χ1n) is 11.8. The summed E-state index contributed by atoms with van der Waals surface area (Å²) in [6.07, 6.45) is 1.01. The lowest BCUT2D eigenvalue weighted by Gasteiger charge is -2.28. The van der Waals surface area contributed by atoms with Gasteiger partial charge in [0, 0.05) is 15.8 Å². The number of hydrogen-bond donors (Lipinski definition) is 0. The summed E-state index contributed by atoms with van der Waals surface area (Å²) in [5.74, 6) is -16.5. The molecule has 0 bridgehead atoms. The van der Waals surface area contributed by atoms with Gasteiger partial charge < -0.3 is 0 Å². The van der Waals surface area contributed by atoms with Crippen LogP contribution < -0.4 is 15.9 Å². The van der Waals surface area contributed by atoms with Crippen LogP contribution in [0.1, 0.15) is 33.3 Å². The summed E-state index contributed by atoms with van der Waals surface area (Å²) in [5.41, 5.74) is -0.779. The molecule has 1 unspecified atom stereocenters. The van der Waals surface area contributed by atoms with Crippen LogP contribution in [0.3, 0.4) is 0 Å². The van der Waals surface area contributed by atoms with Gasteiger partial charge in [-0.25, -0.2) is 39.5 Å². The Bertz CT molecular complexity index is 1420. The number of thioether (sulfide) groups is 1. The Hall–Kier alpha value is -2.19. The van der Waals surface area contributed by atoms with Crippen molar-refractivity contribution in [2.75, 3.05) is 6.26 Å². The van der Waals surface area contributed by atoms with Crippen LogP contribution in [0.5, 0.6) is 0 Å². The molecule has 1 aliphatic carbocycles. The smallest absolute Gasteiger partial charge is 0.200 e. The lowest BCUT2D eigenvalue weighted by molar-refractivity contribution is 0.384. The van der Waals surface area contributed by atoms with E-state index in [-0.39, 0.29) is 10.2 Å². The summed E-state index contributed by atoms with van der Waals surface area (Å²) >= 11 is 0.999. The minimum absolute atomic E-state index is 0.137. The molecule has 11 heteroatoms. The van der Waals surface area contributed by atoms with Crippen LogP contribution in [0.2, 0.25) is 0 Å². The summed E-state index contributed by atoms with van der Waals surface area (Å²) < 4.78 is 134. The highest BCUT2D eigenvalue weighted by Gasteiger charge is 2.45. The van der Waals surface area contributed by atoms with Crippen molar-refractivity contribution in [2.45, 2.75) is 39.0 Å². The average molecular weight is 604 g/mol. The van der Waals surface area contributed by atoms with Crippen molar-refractivity contribution in [3.63, 3.8) is 0 Å². The van der Waals surface area contributed by atoms with Crippen LogP contribution in [0.15, 0.2) is 29.2 Å². The zero-order valence-corrected chi connectivity index (χ0v) is 23.5. The van der Waals surface area contributed by atoms with E-state index in [1.165, 1.54) is 30.5 Å². The summed E-state index contributed by atoms with van der Waals surface area (Å²) in [7, 11) is -3.20. The van der Waals surface area contributed by atoms with E-state index in [2.05, 4.69) is 0 Å². The van der Waals surface area contributed by atoms with Gasteiger partial charge in [0.2, 0.25) is 5.82 Å². The first-order chi connectivity index (χ1) is 18.8. The van der Waals surface area contributed by atoms with Gasteiger partial charge in [-0.3, -0.25) is 0 Å². The summed E-state index contributed by atoms with van der Waals surface area (Å²) in [4.78, 5) is 0.223. The molecule has 4 rings (SSSR count). The third-order valence-corrected chi connectivity index (χ3v) is 10.8. The molecule has 3 aromatic carbocycles. The van der Waals surface area contributed by atoms with E-state index in [0.29, 0.717) is 17.8 Å². The van der Waals surface area contributed by atoms with Gasteiger partial charge in [-0.15, -0.1) is 11.8 Å². The topological polar surface area (TPSA) is 0 Å². The Morgan fingerprint density at radius 1 is 0.550 bits per heavy atom. The molecule has 0 aliphatic heterocycles. The number of hydrogen-bond acceptors (Lipinski definition) is 1. The fourth-order valence-electron chi connectivity index (χ4n) is 4.76. The van der Waals surface area contributed by atoms with E-state index in [4.69, 9.17) is 0 Å². The first kappa shape index (κ1) is 30.8. The monoisotopic (exact) mass is 603 g/mol. The molecule has 0 aromatic heterocycles. The molecule has 1 atom stereocenters. The maximum Gasteiger partial charge on any atom is 0.200 e. The highest BCUT2D eigenvalue weighted by Crippen LogP contribution is 2.54. The highest BCUT2D eigenvalue weighted by atomic mass is 32.2. The normalized spacial score (nSPS) is 16.9. The lowest BCUT2D eigenvalue weighted by Crippen LogP contribution is -2.34. The van der Waals surface area contributed by atoms with Crippen LogP contribution in [-0.2, 0) is 6.42 Å². The van der Waals surface area contributed by atoms with Crippen molar-refractivity contribution in [2.24, 2.45) is 0 Å². The lowest BCUT2D eigenvalue weighted by atomic mass is 9.84. The van der Waals surface area contributed by atoms with E-state index in [9.17, 15) is 22.0 Å². The van der Waals surface area contributed by atoms with Crippen molar-refractivity contribution in [1.82, 2.24) is 0 Å². The largest absolute Gasteiger partial charge is 0.203 e. The van der Waals surface area contributed by atoms with Gasteiger partial charge in [-0.2, -0.15) is 0 Å². The molecule has 1 saturated carbocycles. The van der Waals surface area contributed by atoms with Crippen LogP contribution >= 0.6 is 19.7 Å². The van der Waals surface area contributed by atoms with Gasteiger partial charge in [-0.05, 0) is 61.6 Å². The van der Waals surface area contributed by atoms with Gasteiger partial charge in [0.05, 0.1) is 5.30 Å². The summed E-state index contributed by atoms with van der Waals surface area (Å²) in [6.45, 7) is 6.93. The Labute approximate surface area is 232 Å². The van der Waals surface area contributed by atoms with E-state index in [1.54, 1.807) is 27.7 Å². The van der Waals surface area contributed by atoms with Crippen molar-refractivity contribution >= 4 is 35.6 Å². The van der Waals surface area contributed by atoms with Gasteiger partial charge in [-0.1, -0.05) is 45.9 Å². The van der Waals surface area contributed by atoms with E-state index >= 15 is 17.6 Å². The maximum atomic E-state index is 15.8. The van der Waals surface area contributed by atoms with E-state index in [1.807, 2.05) is 0 Å². The Morgan fingerprint density at radius 3 is 1.48 bits per heavy atom. The second-order valence-electron chi connectivity index (χ2n) is 9.16. The highest BCUT2D eigenvalue weighted by molar-refractivity contribution is 7.99. The first-order valence-corrected chi connectivity index (χ1v) is 14.3. The molecule has 1 aliphatic rings. The van der Waals surface area contributed by atoms with Gasteiger partial charge in [0.25, 0.3) is 0 Å². The Morgan fingerprint density at radius 2 is 0.975 bits per heavy atom. The molecular formula is C29H21F9PS. The summed E-state index contributed by atoms with van der Waals surface area (Å²) in [5, 5.41) is -2.60. The molecule has 0 nitrogen and oxygen atoms in total. The second-order valence-corrected chi connectivity index (χ2v) is 12.1. The predicted octanol–water partition coefficient (Wildman–Crippen LogP) is 7.93. The predicted molar refractivity (Wildman–Crippen MR) is 139 cm³/mol.